The molecule has 0 aliphatic carbocycles. The Balaban J connectivity index is 0.000000253. The molecule has 1 radical (unpaired) electrons. The van der Waals surface area contributed by atoms with E-state index in [0.717, 1.165) is 11.1 Å². The van der Waals surface area contributed by atoms with E-state index in [1.165, 1.54) is 9.35 Å². The van der Waals surface area contributed by atoms with Crippen LogP contribution in [0.15, 0.2) is 56.9 Å². The zero-order valence-corrected chi connectivity index (χ0v) is 24.8. The molecule has 0 spiro atoms. The van der Waals surface area contributed by atoms with Crippen molar-refractivity contribution in [1.82, 2.24) is 29.7 Å². The number of halogens is 4. The van der Waals surface area contributed by atoms with E-state index in [-0.39, 0.29) is 17.1 Å². The van der Waals surface area contributed by atoms with Gasteiger partial charge in [0.05, 0.1) is 22.5 Å². The number of rotatable bonds is 6. The minimum Gasteiger partial charge on any atom is -0.738 e. The molecule has 2 aromatic heterocycles. The summed E-state index contributed by atoms with van der Waals surface area (Å²) in [5.41, 5.74) is 1.51. The first-order chi connectivity index (χ1) is 17.2. The van der Waals surface area contributed by atoms with Crippen LogP contribution in [0.2, 0.25) is 20.1 Å². The standard InChI is InChI=1S/2C11H10Cl2N4S.Cu/c2*1-2-10-15-16-11(18)17(10)14-6-7-3-4-8(12)5-9(7)13;/h2*3-6H,2H2,1H3,(H,16,18);/q;;+2/p-2. The number of hydrogen-bond donors (Lipinski definition) is 0. The van der Waals surface area contributed by atoms with Gasteiger partial charge in [-0.2, -0.15) is 20.4 Å². The van der Waals surface area contributed by atoms with E-state index >= 15 is 0 Å². The summed E-state index contributed by atoms with van der Waals surface area (Å²) in [5.74, 6) is 1.42. The van der Waals surface area contributed by atoms with E-state index in [2.05, 4.69) is 30.6 Å². The number of benzene rings is 2. The van der Waals surface area contributed by atoms with Crippen molar-refractivity contribution in [3.05, 3.63) is 79.3 Å². The smallest absolute Gasteiger partial charge is 0.738 e. The van der Waals surface area contributed by atoms with E-state index in [1.54, 1.807) is 48.8 Å². The molecule has 0 aliphatic rings. The molecular weight excluding hydrogens is 646 g/mol. The number of aromatic nitrogens is 6. The van der Waals surface area contributed by atoms with Crippen LogP contribution in [0.5, 0.6) is 0 Å². The summed E-state index contributed by atoms with van der Waals surface area (Å²) in [5, 5.41) is 26.8. The second-order valence-corrected chi connectivity index (χ2v) is 9.37. The fourth-order valence-electron chi connectivity index (χ4n) is 2.72. The molecule has 37 heavy (non-hydrogen) atoms. The molecule has 2 aromatic carbocycles. The van der Waals surface area contributed by atoms with Gasteiger partial charge < -0.3 is 25.3 Å². The maximum Gasteiger partial charge on any atom is 2.00 e. The van der Waals surface area contributed by atoms with Gasteiger partial charge in [-0.05, 0) is 24.3 Å². The number of aryl methyl sites for hydroxylation is 2. The van der Waals surface area contributed by atoms with E-state index < -0.39 is 0 Å². The second-order valence-electron chi connectivity index (χ2n) is 6.95. The van der Waals surface area contributed by atoms with E-state index in [1.807, 2.05) is 13.8 Å². The van der Waals surface area contributed by atoms with Gasteiger partial charge in [0.25, 0.3) is 0 Å². The SMILES string of the molecule is CCc1nnc([S-])n1N=Cc1ccc(Cl)cc1Cl.CCc1nnc([S-])n1N=Cc1ccc(Cl)cc1Cl.[Cu+2]. The van der Waals surface area contributed by atoms with Crippen molar-refractivity contribution in [2.45, 2.75) is 37.0 Å². The summed E-state index contributed by atoms with van der Waals surface area (Å²) in [4.78, 5) is 0. The van der Waals surface area contributed by atoms with Crippen LogP contribution < -0.4 is 0 Å². The second kappa shape index (κ2) is 14.9. The van der Waals surface area contributed by atoms with Crippen LogP contribution in [0.3, 0.4) is 0 Å². The molecule has 197 valence electrons. The molecule has 0 N–H and O–H groups in total. The first kappa shape index (κ1) is 31.4. The molecule has 8 nitrogen and oxygen atoms in total. The molecule has 0 amide bonds. The van der Waals surface area contributed by atoms with Crippen LogP contribution in [-0.2, 0) is 55.2 Å². The van der Waals surface area contributed by atoms with Crippen LogP contribution in [0.1, 0.15) is 36.6 Å². The van der Waals surface area contributed by atoms with Gasteiger partial charge in [0.15, 0.2) is 11.6 Å². The quantitative estimate of drug-likeness (QED) is 0.146. The van der Waals surface area contributed by atoms with Gasteiger partial charge in [0.1, 0.15) is 0 Å². The van der Waals surface area contributed by atoms with Crippen molar-refractivity contribution >= 4 is 84.1 Å². The van der Waals surface area contributed by atoms with E-state index in [4.69, 9.17) is 71.7 Å². The van der Waals surface area contributed by atoms with Crippen molar-refractivity contribution in [2.24, 2.45) is 10.2 Å². The minimum atomic E-state index is 0. The fourth-order valence-corrected chi connectivity index (χ4v) is 4.02. The predicted molar refractivity (Wildman–Crippen MR) is 149 cm³/mol. The van der Waals surface area contributed by atoms with Crippen LogP contribution >= 0.6 is 46.4 Å². The first-order valence-electron chi connectivity index (χ1n) is 10.4. The molecule has 4 rings (SSSR count). The Hall–Kier alpha value is -1.82. The Bertz CT molecular complexity index is 1300. The summed E-state index contributed by atoms with van der Waals surface area (Å²) in [7, 11) is 0. The minimum absolute atomic E-state index is 0. The average molecular weight is 664 g/mol. The average Bonchev–Trinajstić information content (AvgIpc) is 3.39. The summed E-state index contributed by atoms with van der Waals surface area (Å²) < 4.78 is 3.03. The van der Waals surface area contributed by atoms with Crippen molar-refractivity contribution < 1.29 is 17.1 Å². The molecule has 0 bridgehead atoms. The van der Waals surface area contributed by atoms with E-state index in [9.17, 15) is 0 Å². The molecule has 0 saturated heterocycles. The van der Waals surface area contributed by atoms with Gasteiger partial charge >= 0.3 is 17.1 Å². The normalized spacial score (nSPS) is 11.0. The Morgan fingerprint density at radius 1 is 0.703 bits per heavy atom. The molecule has 0 atom stereocenters. The van der Waals surface area contributed by atoms with Gasteiger partial charge in [-0.15, -0.1) is 10.2 Å². The third-order valence-electron chi connectivity index (χ3n) is 4.54. The van der Waals surface area contributed by atoms with Crippen molar-refractivity contribution in [3.8, 4) is 0 Å². The third-order valence-corrected chi connectivity index (χ3v) is 6.17. The Morgan fingerprint density at radius 3 is 1.41 bits per heavy atom. The molecule has 0 unspecified atom stereocenters. The Kier molecular flexibility index (Phi) is 12.7. The number of nitrogens with zero attached hydrogens (tertiary/aromatic N) is 8. The predicted octanol–water partition coefficient (Wildman–Crippen LogP) is 5.87. The Morgan fingerprint density at radius 2 is 1.08 bits per heavy atom. The zero-order valence-electron chi connectivity index (χ0n) is 19.2. The topological polar surface area (TPSA) is 86.1 Å². The van der Waals surface area contributed by atoms with Gasteiger partial charge in [0.2, 0.25) is 0 Å². The molecule has 0 saturated carbocycles. The zero-order chi connectivity index (χ0) is 26.2. The van der Waals surface area contributed by atoms with Gasteiger partial charge in [-0.3, -0.25) is 0 Å². The van der Waals surface area contributed by atoms with E-state index in [0.29, 0.717) is 54.9 Å². The van der Waals surface area contributed by atoms with Crippen LogP contribution in [0.4, 0.5) is 0 Å². The van der Waals surface area contributed by atoms with Crippen LogP contribution in [0, 0.1) is 0 Å². The molecule has 15 heteroatoms. The maximum atomic E-state index is 6.04. The largest absolute Gasteiger partial charge is 2.00 e. The monoisotopic (exact) mass is 661 g/mol. The summed E-state index contributed by atoms with van der Waals surface area (Å²) in [6.45, 7) is 3.92. The summed E-state index contributed by atoms with van der Waals surface area (Å²) in [6, 6.07) is 10.4. The van der Waals surface area contributed by atoms with Crippen LogP contribution in [-0.4, -0.2) is 42.2 Å². The molecule has 2 heterocycles. The Labute approximate surface area is 255 Å². The number of hydrogen-bond acceptors (Lipinski definition) is 8. The first-order valence-corrected chi connectivity index (χ1v) is 12.8. The molecule has 0 fully saturated rings. The van der Waals surface area contributed by atoms with Gasteiger partial charge in [0, 0.05) is 44.3 Å². The fraction of sp³-hybridized carbons (Fsp3) is 0.182. The molecular formula is C22H18Cl4CuN8S2. The maximum absolute atomic E-state index is 6.04. The molecule has 4 aromatic rings. The molecule has 0 aliphatic heterocycles. The van der Waals surface area contributed by atoms with Crippen molar-refractivity contribution in [2.75, 3.05) is 0 Å². The van der Waals surface area contributed by atoms with Crippen molar-refractivity contribution in [1.29, 1.82) is 0 Å². The van der Waals surface area contributed by atoms with Crippen molar-refractivity contribution in [3.63, 3.8) is 0 Å². The summed E-state index contributed by atoms with van der Waals surface area (Å²) >= 11 is 33.8. The van der Waals surface area contributed by atoms with Gasteiger partial charge in [-0.1, -0.05) is 72.4 Å². The van der Waals surface area contributed by atoms with Gasteiger partial charge in [-0.25, -0.2) is 9.35 Å². The van der Waals surface area contributed by atoms with Crippen LogP contribution in [0.25, 0.3) is 0 Å². The summed E-state index contributed by atoms with van der Waals surface area (Å²) in [6.07, 6.45) is 4.62. The third kappa shape index (κ3) is 8.59.